The van der Waals surface area contributed by atoms with E-state index in [1.807, 2.05) is 54.7 Å². The summed E-state index contributed by atoms with van der Waals surface area (Å²) in [6.45, 7) is 0.348. The lowest BCUT2D eigenvalue weighted by Crippen LogP contribution is -2.12. The van der Waals surface area contributed by atoms with Gasteiger partial charge in [0.05, 0.1) is 5.56 Å². The van der Waals surface area contributed by atoms with Crippen molar-refractivity contribution in [3.63, 3.8) is 0 Å². The lowest BCUT2D eigenvalue weighted by Gasteiger charge is -2.23. The van der Waals surface area contributed by atoms with Gasteiger partial charge in [0.25, 0.3) is 5.91 Å². The number of nitrogen functional groups attached to an aromatic ring is 1. The fraction of sp³-hybridized carbons (Fsp3) is 0.172. The number of fused-ring (bicyclic) bond motifs is 1. The Labute approximate surface area is 214 Å². The predicted octanol–water partition coefficient (Wildman–Crippen LogP) is 5.47. The van der Waals surface area contributed by atoms with Crippen LogP contribution in [0.3, 0.4) is 0 Å². The average molecular weight is 491 g/mol. The van der Waals surface area contributed by atoms with E-state index in [0.717, 1.165) is 46.8 Å². The van der Waals surface area contributed by atoms with Gasteiger partial charge in [0.15, 0.2) is 0 Å². The number of carbonyl (C=O) groups excluding carboxylic acids is 1. The van der Waals surface area contributed by atoms with E-state index in [0.29, 0.717) is 29.6 Å². The number of hydrogen-bond acceptors (Lipinski definition) is 6. The normalized spacial score (nSPS) is 13.3. The maximum atomic E-state index is 12.5. The number of imidazole rings is 1. The number of ether oxygens (including phenoxy) is 1. The van der Waals surface area contributed by atoms with Crippen molar-refractivity contribution in [1.82, 2.24) is 19.4 Å². The van der Waals surface area contributed by atoms with E-state index in [1.54, 1.807) is 24.5 Å². The molecule has 5 aromatic rings. The molecule has 0 radical (unpaired) electrons. The molecule has 0 saturated heterocycles. The van der Waals surface area contributed by atoms with Crippen molar-refractivity contribution in [2.75, 3.05) is 11.1 Å². The minimum Gasteiger partial charge on any atom is -0.489 e. The summed E-state index contributed by atoms with van der Waals surface area (Å²) < 4.78 is 8.21. The summed E-state index contributed by atoms with van der Waals surface area (Å²) in [5.41, 5.74) is 11.0. The van der Waals surface area contributed by atoms with Crippen LogP contribution in [0.15, 0.2) is 85.5 Å². The summed E-state index contributed by atoms with van der Waals surface area (Å²) in [6.07, 6.45) is 10.4. The zero-order valence-corrected chi connectivity index (χ0v) is 20.2. The van der Waals surface area contributed by atoms with E-state index in [-0.39, 0.29) is 5.91 Å². The second-order valence-corrected chi connectivity index (χ2v) is 9.19. The van der Waals surface area contributed by atoms with Crippen molar-refractivity contribution in [2.45, 2.75) is 31.8 Å². The SMILES string of the molecule is Nc1nccn2c(C3CCC3)nc(-c3cccc(OCc4cccc(NC(=O)c5cccnc5)c4)c3)c12. The first kappa shape index (κ1) is 22.7. The first-order valence-electron chi connectivity index (χ1n) is 12.3. The fourth-order valence-corrected chi connectivity index (χ4v) is 4.58. The third kappa shape index (κ3) is 4.61. The van der Waals surface area contributed by atoms with Gasteiger partial charge in [-0.25, -0.2) is 9.97 Å². The summed E-state index contributed by atoms with van der Waals surface area (Å²) in [6, 6.07) is 18.9. The van der Waals surface area contributed by atoms with Crippen molar-refractivity contribution in [3.05, 3.63) is 102 Å². The van der Waals surface area contributed by atoms with Crippen molar-refractivity contribution in [1.29, 1.82) is 0 Å². The second kappa shape index (κ2) is 9.73. The summed E-state index contributed by atoms with van der Waals surface area (Å²) in [5, 5.41) is 2.91. The highest BCUT2D eigenvalue weighted by Crippen LogP contribution is 2.39. The van der Waals surface area contributed by atoms with Crippen molar-refractivity contribution < 1.29 is 9.53 Å². The quantitative estimate of drug-likeness (QED) is 0.313. The molecule has 1 fully saturated rings. The molecule has 6 rings (SSSR count). The van der Waals surface area contributed by atoms with Crippen LogP contribution in [0.2, 0.25) is 0 Å². The van der Waals surface area contributed by atoms with Gasteiger partial charge in [-0.3, -0.25) is 14.2 Å². The number of nitrogens with two attached hydrogens (primary N) is 1. The largest absolute Gasteiger partial charge is 0.489 e. The molecule has 3 aromatic heterocycles. The van der Waals surface area contributed by atoms with Gasteiger partial charge >= 0.3 is 0 Å². The highest BCUT2D eigenvalue weighted by Gasteiger charge is 2.27. The van der Waals surface area contributed by atoms with Crippen LogP contribution in [-0.4, -0.2) is 25.3 Å². The Morgan fingerprint density at radius 3 is 2.78 bits per heavy atom. The monoisotopic (exact) mass is 490 g/mol. The predicted molar refractivity (Wildman–Crippen MR) is 142 cm³/mol. The molecule has 1 saturated carbocycles. The maximum Gasteiger partial charge on any atom is 0.257 e. The first-order valence-corrected chi connectivity index (χ1v) is 12.3. The Morgan fingerprint density at radius 1 is 1.08 bits per heavy atom. The van der Waals surface area contributed by atoms with Crippen LogP contribution in [0, 0.1) is 0 Å². The first-order chi connectivity index (χ1) is 18.2. The molecule has 8 nitrogen and oxygen atoms in total. The molecule has 0 bridgehead atoms. The highest BCUT2D eigenvalue weighted by molar-refractivity contribution is 6.04. The van der Waals surface area contributed by atoms with E-state index >= 15 is 0 Å². The van der Waals surface area contributed by atoms with Crippen LogP contribution in [0.4, 0.5) is 11.5 Å². The summed E-state index contributed by atoms with van der Waals surface area (Å²) in [5.74, 6) is 2.47. The molecule has 37 heavy (non-hydrogen) atoms. The Morgan fingerprint density at radius 2 is 1.97 bits per heavy atom. The van der Waals surface area contributed by atoms with E-state index in [1.165, 1.54) is 12.6 Å². The third-order valence-electron chi connectivity index (χ3n) is 6.70. The number of aromatic nitrogens is 4. The molecule has 0 aliphatic heterocycles. The zero-order chi connectivity index (χ0) is 25.2. The van der Waals surface area contributed by atoms with Crippen molar-refractivity contribution >= 4 is 22.9 Å². The molecule has 3 heterocycles. The Balaban J connectivity index is 1.21. The summed E-state index contributed by atoms with van der Waals surface area (Å²) in [7, 11) is 0. The molecule has 1 aliphatic rings. The highest BCUT2D eigenvalue weighted by atomic mass is 16.5. The van der Waals surface area contributed by atoms with Gasteiger partial charge in [0.2, 0.25) is 0 Å². The van der Waals surface area contributed by atoms with Gasteiger partial charge in [0.1, 0.15) is 35.2 Å². The summed E-state index contributed by atoms with van der Waals surface area (Å²) >= 11 is 0. The van der Waals surface area contributed by atoms with Gasteiger partial charge in [-0.2, -0.15) is 0 Å². The van der Waals surface area contributed by atoms with Crippen LogP contribution >= 0.6 is 0 Å². The molecule has 1 aliphatic carbocycles. The zero-order valence-electron chi connectivity index (χ0n) is 20.2. The van der Waals surface area contributed by atoms with E-state index in [4.69, 9.17) is 15.5 Å². The van der Waals surface area contributed by atoms with Gasteiger partial charge in [-0.15, -0.1) is 0 Å². The number of anilines is 2. The van der Waals surface area contributed by atoms with E-state index in [2.05, 4.69) is 19.7 Å². The maximum absolute atomic E-state index is 12.5. The van der Waals surface area contributed by atoms with E-state index < -0.39 is 0 Å². The minimum atomic E-state index is -0.207. The van der Waals surface area contributed by atoms with Crippen molar-refractivity contribution in [2.24, 2.45) is 0 Å². The lowest BCUT2D eigenvalue weighted by molar-refractivity contribution is 0.102. The molecule has 0 unspecified atom stereocenters. The van der Waals surface area contributed by atoms with Crippen molar-refractivity contribution in [3.8, 4) is 17.0 Å². The summed E-state index contributed by atoms with van der Waals surface area (Å²) in [4.78, 5) is 25.8. The standard InChI is InChI=1S/C29H26N6O2/c30-27-26-25(34-28(20-6-2-7-20)35(26)14-13-32-27)21-8-3-11-24(16-21)37-18-19-5-1-10-23(15-19)33-29(36)22-9-4-12-31-17-22/h1,3-5,8-17,20H,2,6-7,18H2,(H2,30,32)(H,33,36). The number of benzene rings is 2. The Hall–Kier alpha value is -4.72. The van der Waals surface area contributed by atoms with Crippen LogP contribution in [0.25, 0.3) is 16.8 Å². The number of rotatable bonds is 7. The van der Waals surface area contributed by atoms with Gasteiger partial charge in [0, 0.05) is 42.0 Å². The average Bonchev–Trinajstić information content (AvgIpc) is 3.28. The Bertz CT molecular complexity index is 1580. The Kier molecular flexibility index (Phi) is 5.98. The molecular formula is C29H26N6O2. The number of pyridine rings is 1. The van der Waals surface area contributed by atoms with Gasteiger partial charge < -0.3 is 15.8 Å². The number of nitrogens with zero attached hydrogens (tertiary/aromatic N) is 4. The lowest BCUT2D eigenvalue weighted by atomic mass is 9.85. The van der Waals surface area contributed by atoms with Crippen LogP contribution < -0.4 is 15.8 Å². The topological polar surface area (TPSA) is 107 Å². The number of nitrogens with one attached hydrogen (secondary N) is 1. The molecule has 8 heteroatoms. The molecule has 184 valence electrons. The number of amides is 1. The third-order valence-corrected chi connectivity index (χ3v) is 6.70. The van der Waals surface area contributed by atoms with E-state index in [9.17, 15) is 4.79 Å². The van der Waals surface area contributed by atoms with Crippen LogP contribution in [0.5, 0.6) is 5.75 Å². The molecular weight excluding hydrogens is 464 g/mol. The molecule has 3 N–H and O–H groups in total. The minimum absolute atomic E-state index is 0.207. The van der Waals surface area contributed by atoms with Gasteiger partial charge in [-0.05, 0) is 54.8 Å². The fourth-order valence-electron chi connectivity index (χ4n) is 4.58. The second-order valence-electron chi connectivity index (χ2n) is 9.19. The van der Waals surface area contributed by atoms with Gasteiger partial charge in [-0.1, -0.05) is 30.7 Å². The molecule has 2 aromatic carbocycles. The molecule has 0 spiro atoms. The molecule has 1 amide bonds. The van der Waals surface area contributed by atoms with Crippen LogP contribution in [0.1, 0.15) is 46.9 Å². The van der Waals surface area contributed by atoms with Crippen LogP contribution in [-0.2, 0) is 6.61 Å². The number of hydrogen-bond donors (Lipinski definition) is 2. The number of carbonyl (C=O) groups is 1. The smallest absolute Gasteiger partial charge is 0.257 e. The molecule has 0 atom stereocenters.